The zero-order chi connectivity index (χ0) is 26.5. The van der Waals surface area contributed by atoms with E-state index in [1.165, 1.54) is 5.57 Å². The van der Waals surface area contributed by atoms with E-state index in [1.54, 1.807) is 0 Å². The van der Waals surface area contributed by atoms with Crippen LogP contribution in [0.25, 0.3) is 0 Å². The molecule has 0 radical (unpaired) electrons. The number of hydrogen-bond acceptors (Lipinski definition) is 5. The number of para-hydroxylation sites is 1. The van der Waals surface area contributed by atoms with Crippen molar-refractivity contribution >= 4 is 31.7 Å². The Labute approximate surface area is 219 Å². The molecule has 1 aliphatic carbocycles. The minimum atomic E-state index is -2.57. The molecule has 198 valence electrons. The van der Waals surface area contributed by atoms with Crippen molar-refractivity contribution < 1.29 is 23.7 Å². The Bertz CT molecular complexity index is 1080. The summed E-state index contributed by atoms with van der Waals surface area (Å²) in [7, 11) is -1.61. The van der Waals surface area contributed by atoms with Crippen molar-refractivity contribution in [1.82, 2.24) is 0 Å². The summed E-state index contributed by atoms with van der Waals surface area (Å²) in [6.45, 7) is 7.27. The quantitative estimate of drug-likeness (QED) is 0.118. The number of benzene rings is 1. The summed E-state index contributed by atoms with van der Waals surface area (Å²) in [6, 6.07) is 9.40. The molecule has 1 heterocycles. The maximum atomic E-state index is 12.8. The van der Waals surface area contributed by atoms with E-state index in [4.69, 9.17) is 14.0 Å². The van der Waals surface area contributed by atoms with Gasteiger partial charge < -0.3 is 0 Å². The second-order valence-electron chi connectivity index (χ2n) is 11.8. The van der Waals surface area contributed by atoms with Gasteiger partial charge in [0, 0.05) is 0 Å². The van der Waals surface area contributed by atoms with Crippen molar-refractivity contribution in [2.75, 3.05) is 19.4 Å². The van der Waals surface area contributed by atoms with Crippen molar-refractivity contribution in [3.63, 3.8) is 0 Å². The van der Waals surface area contributed by atoms with Crippen LogP contribution in [0.3, 0.4) is 0 Å². The van der Waals surface area contributed by atoms with Crippen molar-refractivity contribution in [2.24, 2.45) is 5.92 Å². The van der Waals surface area contributed by atoms with Gasteiger partial charge in [0.25, 0.3) is 0 Å². The first-order chi connectivity index (χ1) is 16.8. The van der Waals surface area contributed by atoms with E-state index in [9.17, 15) is 9.69 Å². The van der Waals surface area contributed by atoms with Gasteiger partial charge in [-0.25, -0.2) is 0 Å². The Kier molecular flexibility index (Phi) is 9.58. The third kappa shape index (κ3) is 8.23. The molecular weight excluding hydrogens is 581 g/mol. The second-order valence-corrected chi connectivity index (χ2v) is 36.8. The molecular formula is C29H42O5PSb. The first-order valence-electron chi connectivity index (χ1n) is 12.7. The Morgan fingerprint density at radius 3 is 2.56 bits per heavy atom. The van der Waals surface area contributed by atoms with E-state index in [1.807, 2.05) is 37.3 Å². The molecule has 1 fully saturated rings. The minimum absolute atomic E-state index is 0.189. The summed E-state index contributed by atoms with van der Waals surface area (Å²) in [5.74, 6) is 1.26. The van der Waals surface area contributed by atoms with Gasteiger partial charge in [-0.3, -0.25) is 0 Å². The average molecular weight is 623 g/mol. The van der Waals surface area contributed by atoms with Crippen molar-refractivity contribution in [1.29, 1.82) is 0 Å². The van der Waals surface area contributed by atoms with Crippen molar-refractivity contribution in [3.8, 4) is 5.75 Å². The Morgan fingerprint density at radius 1 is 1.22 bits per heavy atom. The molecule has 0 saturated carbocycles. The summed E-state index contributed by atoms with van der Waals surface area (Å²) in [5, 5.41) is 0. The molecule has 0 bridgehead atoms. The number of ether oxygens (including phenoxy) is 2. The number of rotatable bonds is 11. The molecule has 1 saturated heterocycles. The molecule has 1 aromatic carbocycles. The molecule has 0 amide bonds. The Hall–Kier alpha value is -1.54. The first-order valence-corrected chi connectivity index (χ1v) is 26.1. The van der Waals surface area contributed by atoms with Crippen LogP contribution in [0.15, 0.2) is 76.1 Å². The topological polar surface area (TPSA) is 65.0 Å². The van der Waals surface area contributed by atoms with Gasteiger partial charge in [0.15, 0.2) is 0 Å². The molecule has 7 heteroatoms. The molecule has 1 N–H and O–H groups in total. The number of carbonyl (C=O) groups excluding carboxylic acids is 1. The number of cyclic esters (lactones) is 1. The molecule has 0 aromatic heterocycles. The summed E-state index contributed by atoms with van der Waals surface area (Å²) < 4.78 is 18.7. The van der Waals surface area contributed by atoms with Crippen LogP contribution < -0.4 is 4.52 Å². The van der Waals surface area contributed by atoms with E-state index in [0.717, 1.165) is 27.5 Å². The fraction of sp³-hybridized carbons (Fsp3) is 0.483. The third-order valence-electron chi connectivity index (χ3n) is 6.38. The van der Waals surface area contributed by atoms with Gasteiger partial charge >= 0.3 is 190 Å². The zero-order valence-corrected chi connectivity index (χ0v) is 26.3. The predicted octanol–water partition coefficient (Wildman–Crippen LogP) is 7.74. The fourth-order valence-corrected chi connectivity index (χ4v) is 7.71. The average Bonchev–Trinajstić information content (AvgIpc) is 3.07. The van der Waals surface area contributed by atoms with E-state index >= 15 is 0 Å². The van der Waals surface area contributed by atoms with Gasteiger partial charge in [-0.15, -0.1) is 0 Å². The Balaban J connectivity index is 1.87. The second kappa shape index (κ2) is 11.9. The normalized spacial score (nSPS) is 20.7. The molecule has 1 aliphatic heterocycles. The van der Waals surface area contributed by atoms with Crippen LogP contribution in [-0.4, -0.2) is 47.6 Å². The van der Waals surface area contributed by atoms with Crippen LogP contribution in [0.4, 0.5) is 0 Å². The number of fused-ring (bicyclic) bond motifs is 1. The van der Waals surface area contributed by atoms with Gasteiger partial charge in [-0.05, 0) is 12.1 Å². The van der Waals surface area contributed by atoms with E-state index in [0.29, 0.717) is 42.9 Å². The molecule has 0 spiro atoms. The molecule has 2 atom stereocenters. The van der Waals surface area contributed by atoms with Gasteiger partial charge in [-0.1, -0.05) is 18.2 Å². The van der Waals surface area contributed by atoms with Crippen molar-refractivity contribution in [2.45, 2.75) is 57.5 Å². The molecule has 2 unspecified atom stereocenters. The van der Waals surface area contributed by atoms with Gasteiger partial charge in [0.1, 0.15) is 0 Å². The van der Waals surface area contributed by atoms with Crippen LogP contribution in [0, 0.1) is 5.92 Å². The first kappa shape index (κ1) is 29.0. The summed E-state index contributed by atoms with van der Waals surface area (Å²) in [6.07, 6.45) is 6.26. The fourth-order valence-electron chi connectivity index (χ4n) is 4.38. The van der Waals surface area contributed by atoms with Crippen LogP contribution in [0.5, 0.6) is 5.75 Å². The van der Waals surface area contributed by atoms with Gasteiger partial charge in [0.2, 0.25) is 0 Å². The SMILES string of the molecule is CCC1=C(C/C=C(\C)CP(O)Oc2ccccc2)C(OC[CH2][Sb]([CH3])([CH3])([CH3])[CH3])=C2C(=O)OCC2=CC1C. The maximum absolute atomic E-state index is 12.8. The molecule has 5 nitrogen and oxygen atoms in total. The van der Waals surface area contributed by atoms with Crippen LogP contribution in [0.1, 0.15) is 33.6 Å². The molecule has 36 heavy (non-hydrogen) atoms. The van der Waals surface area contributed by atoms with E-state index < -0.39 is 25.8 Å². The predicted molar refractivity (Wildman–Crippen MR) is 152 cm³/mol. The summed E-state index contributed by atoms with van der Waals surface area (Å²) in [5.41, 5.74) is 4.93. The molecule has 3 rings (SSSR count). The van der Waals surface area contributed by atoms with Crippen LogP contribution in [0.2, 0.25) is 23.8 Å². The van der Waals surface area contributed by atoms with Crippen LogP contribution in [-0.2, 0) is 14.3 Å². The number of carbonyl (C=O) groups is 1. The molecule has 1 aromatic rings. The summed E-state index contributed by atoms with van der Waals surface area (Å²) >= 11 is -2.57. The standard InChI is InChI=1S/C25H30O5P.4CH3.Sb/c1-5-21-18(4)14-19-15-29-25(26)23(19)24(28-6-2)22(21)13-12-17(3)16-31(27)30-20-10-8-7-9-11-20;;;;;/h7-12,14,18,27H,2,5-6,13,15-16H2,1,3-4H3;4*1H3;/b17-12+;;;;;. The number of esters is 1. The van der Waals surface area contributed by atoms with E-state index in [2.05, 4.69) is 45.5 Å². The number of allylic oxidation sites excluding steroid dienone is 5. The summed E-state index contributed by atoms with van der Waals surface area (Å²) in [4.78, 5) is 33.0. The Morgan fingerprint density at radius 2 is 1.92 bits per heavy atom. The van der Waals surface area contributed by atoms with Gasteiger partial charge in [-0.2, -0.15) is 0 Å². The van der Waals surface area contributed by atoms with E-state index in [-0.39, 0.29) is 11.9 Å². The number of hydrogen-bond donors (Lipinski definition) is 1. The monoisotopic (exact) mass is 622 g/mol. The van der Waals surface area contributed by atoms with Gasteiger partial charge in [0.05, 0.1) is 0 Å². The van der Waals surface area contributed by atoms with Crippen molar-refractivity contribution in [3.05, 3.63) is 76.1 Å². The third-order valence-corrected chi connectivity index (χ3v) is 13.2. The van der Waals surface area contributed by atoms with Crippen LogP contribution >= 0.6 is 8.38 Å². The zero-order valence-electron chi connectivity index (χ0n) is 22.8. The molecule has 2 aliphatic rings.